The van der Waals surface area contributed by atoms with Crippen LogP contribution in [0.3, 0.4) is 0 Å². The molecular weight excluding hydrogens is 263 g/mol. The highest BCUT2D eigenvalue weighted by Crippen LogP contribution is 2.58. The lowest BCUT2D eigenvalue weighted by atomic mass is 9.77. The molecule has 0 saturated heterocycles. The molecule has 0 heterocycles. The van der Waals surface area contributed by atoms with Crippen LogP contribution in [0.2, 0.25) is 0 Å². The average Bonchev–Trinajstić information content (AvgIpc) is 2.39. The molecule has 1 aliphatic carbocycles. The monoisotopic (exact) mass is 292 g/mol. The molecule has 1 aromatic rings. The van der Waals surface area contributed by atoms with Crippen LogP contribution in [0.4, 0.5) is 0 Å². The van der Waals surface area contributed by atoms with E-state index in [-0.39, 0.29) is 0 Å². The van der Waals surface area contributed by atoms with Crippen LogP contribution >= 0.6 is 7.14 Å². The molecule has 1 fully saturated rings. The number of hydrogen-bond acceptors (Lipinski definition) is 1. The lowest BCUT2D eigenvalue weighted by molar-refractivity contribution is 0.236. The van der Waals surface area contributed by atoms with Crippen LogP contribution in [0.25, 0.3) is 0 Å². The number of rotatable bonds is 4. The number of benzene rings is 1. The van der Waals surface area contributed by atoms with Crippen molar-refractivity contribution in [2.24, 2.45) is 17.8 Å². The maximum absolute atomic E-state index is 13.4. The van der Waals surface area contributed by atoms with Crippen molar-refractivity contribution in [3.8, 4) is 0 Å². The molecule has 0 aliphatic heterocycles. The van der Waals surface area contributed by atoms with E-state index in [1.165, 1.54) is 18.4 Å². The summed E-state index contributed by atoms with van der Waals surface area (Å²) in [6, 6.07) is 10.4. The summed E-state index contributed by atoms with van der Waals surface area (Å²) in [5.41, 5.74) is 1.66. The van der Waals surface area contributed by atoms with Crippen molar-refractivity contribution >= 4 is 7.14 Å². The second kappa shape index (κ2) is 6.48. The van der Waals surface area contributed by atoms with E-state index in [1.54, 1.807) is 0 Å². The van der Waals surface area contributed by atoms with Gasteiger partial charge in [-0.05, 0) is 42.8 Å². The van der Waals surface area contributed by atoms with Gasteiger partial charge < -0.3 is 4.57 Å². The molecule has 20 heavy (non-hydrogen) atoms. The zero-order valence-corrected chi connectivity index (χ0v) is 14.3. The minimum Gasteiger partial charge on any atom is -0.323 e. The van der Waals surface area contributed by atoms with Crippen LogP contribution < -0.4 is 0 Å². The minimum atomic E-state index is -2.14. The van der Waals surface area contributed by atoms with Gasteiger partial charge in [0.1, 0.15) is 0 Å². The Bertz CT molecular complexity index is 466. The first-order valence-corrected chi connectivity index (χ1v) is 10.4. The first-order valence-electron chi connectivity index (χ1n) is 8.00. The summed E-state index contributed by atoms with van der Waals surface area (Å²) in [7, 11) is -2.14. The Hall–Kier alpha value is -0.550. The molecule has 0 radical (unpaired) electrons. The zero-order chi connectivity index (χ0) is 14.8. The third-order valence-corrected chi connectivity index (χ3v) is 8.02. The maximum atomic E-state index is 13.4. The summed E-state index contributed by atoms with van der Waals surface area (Å²) in [5, 5.41) is 0. The van der Waals surface area contributed by atoms with Crippen molar-refractivity contribution in [2.45, 2.75) is 51.9 Å². The fourth-order valence-corrected chi connectivity index (χ4v) is 7.12. The highest BCUT2D eigenvalue weighted by atomic mass is 31.2. The molecule has 2 heteroatoms. The lowest BCUT2D eigenvalue weighted by Crippen LogP contribution is -2.32. The Morgan fingerprint density at radius 3 is 2.45 bits per heavy atom. The Labute approximate surface area is 124 Å². The van der Waals surface area contributed by atoms with Gasteiger partial charge in [0.15, 0.2) is 0 Å². The van der Waals surface area contributed by atoms with Gasteiger partial charge in [0.25, 0.3) is 0 Å². The smallest absolute Gasteiger partial charge is 0.0922 e. The van der Waals surface area contributed by atoms with Crippen LogP contribution in [-0.4, -0.2) is 12.3 Å². The topological polar surface area (TPSA) is 17.1 Å². The molecule has 1 saturated carbocycles. The first-order chi connectivity index (χ1) is 9.40. The fraction of sp³-hybridized carbons (Fsp3) is 0.667. The van der Waals surface area contributed by atoms with E-state index in [0.717, 1.165) is 18.5 Å². The van der Waals surface area contributed by atoms with Gasteiger partial charge in [-0.3, -0.25) is 0 Å². The molecule has 4 atom stereocenters. The summed E-state index contributed by atoms with van der Waals surface area (Å²) in [6.07, 6.45) is 4.50. The molecule has 0 spiro atoms. The summed E-state index contributed by atoms with van der Waals surface area (Å²) < 4.78 is 13.4. The van der Waals surface area contributed by atoms with E-state index in [0.29, 0.717) is 17.5 Å². The Morgan fingerprint density at radius 2 is 1.85 bits per heavy atom. The standard InChI is InChI=1S/C18H29OP/c1-14(2)17-11-10-15(3)12-18(17)20(4,19)13-16-8-6-5-7-9-16/h5-9,14-15,17-18H,10-13H2,1-4H3. The van der Waals surface area contributed by atoms with Gasteiger partial charge in [-0.1, -0.05) is 57.5 Å². The highest BCUT2D eigenvalue weighted by molar-refractivity contribution is 7.63. The quantitative estimate of drug-likeness (QED) is 0.656. The summed E-state index contributed by atoms with van der Waals surface area (Å²) in [4.78, 5) is 0. The maximum Gasteiger partial charge on any atom is 0.0922 e. The van der Waals surface area contributed by atoms with Gasteiger partial charge >= 0.3 is 0 Å². The molecule has 1 nitrogen and oxygen atoms in total. The first kappa shape index (κ1) is 15.8. The van der Waals surface area contributed by atoms with E-state index in [4.69, 9.17) is 0 Å². The van der Waals surface area contributed by atoms with E-state index in [1.807, 2.05) is 6.07 Å². The SMILES string of the molecule is CC1CCC(C(C)C)C(P(C)(=O)Cc2ccccc2)C1. The largest absolute Gasteiger partial charge is 0.323 e. The Morgan fingerprint density at radius 1 is 1.20 bits per heavy atom. The second-order valence-corrected chi connectivity index (χ2v) is 10.5. The molecule has 1 aliphatic rings. The van der Waals surface area contributed by atoms with E-state index in [2.05, 4.69) is 51.7 Å². The Balaban J connectivity index is 2.18. The number of hydrogen-bond donors (Lipinski definition) is 0. The predicted octanol–water partition coefficient (Wildman–Crippen LogP) is 5.64. The molecule has 0 amide bonds. The zero-order valence-electron chi connectivity index (χ0n) is 13.4. The molecule has 2 rings (SSSR count). The summed E-state index contributed by atoms with van der Waals surface area (Å²) in [5.74, 6) is 2.03. The molecule has 4 unspecified atom stereocenters. The van der Waals surface area contributed by atoms with Crippen LogP contribution in [0.15, 0.2) is 30.3 Å². The van der Waals surface area contributed by atoms with Gasteiger partial charge in [0.2, 0.25) is 0 Å². The molecule has 0 N–H and O–H groups in total. The normalized spacial score (nSPS) is 30.1. The van der Waals surface area contributed by atoms with Crippen LogP contribution in [-0.2, 0) is 10.7 Å². The second-order valence-electron chi connectivity index (χ2n) is 7.21. The lowest BCUT2D eigenvalue weighted by Gasteiger charge is -2.40. The summed E-state index contributed by atoms with van der Waals surface area (Å²) in [6.45, 7) is 8.98. The van der Waals surface area contributed by atoms with E-state index < -0.39 is 7.14 Å². The minimum absolute atomic E-state index is 0.423. The van der Waals surface area contributed by atoms with Crippen molar-refractivity contribution in [2.75, 3.05) is 6.66 Å². The van der Waals surface area contributed by atoms with Gasteiger partial charge in [-0.25, -0.2) is 0 Å². The fourth-order valence-electron chi connectivity index (χ4n) is 3.84. The molecule has 112 valence electrons. The molecular formula is C18H29OP. The average molecular weight is 292 g/mol. The van der Waals surface area contributed by atoms with E-state index in [9.17, 15) is 4.57 Å². The predicted molar refractivity (Wildman–Crippen MR) is 88.8 cm³/mol. The van der Waals surface area contributed by atoms with Crippen LogP contribution in [0, 0.1) is 17.8 Å². The Kier molecular flexibility index (Phi) is 5.13. The van der Waals surface area contributed by atoms with Crippen molar-refractivity contribution < 1.29 is 4.57 Å². The molecule has 1 aromatic carbocycles. The van der Waals surface area contributed by atoms with Crippen molar-refractivity contribution in [1.29, 1.82) is 0 Å². The third-order valence-electron chi connectivity index (χ3n) is 5.03. The van der Waals surface area contributed by atoms with Gasteiger partial charge in [-0.15, -0.1) is 0 Å². The molecule has 0 bridgehead atoms. The third kappa shape index (κ3) is 3.76. The van der Waals surface area contributed by atoms with Gasteiger partial charge in [0.05, 0.1) is 7.14 Å². The van der Waals surface area contributed by atoms with Gasteiger partial charge in [0, 0.05) is 11.8 Å². The van der Waals surface area contributed by atoms with Gasteiger partial charge in [-0.2, -0.15) is 0 Å². The highest BCUT2D eigenvalue weighted by Gasteiger charge is 2.39. The van der Waals surface area contributed by atoms with Crippen LogP contribution in [0.5, 0.6) is 0 Å². The molecule has 0 aromatic heterocycles. The summed E-state index contributed by atoms with van der Waals surface area (Å²) >= 11 is 0. The van der Waals surface area contributed by atoms with E-state index >= 15 is 0 Å². The van der Waals surface area contributed by atoms with Crippen LogP contribution in [0.1, 0.15) is 45.6 Å². The van der Waals surface area contributed by atoms with Crippen molar-refractivity contribution in [3.63, 3.8) is 0 Å². The van der Waals surface area contributed by atoms with Crippen molar-refractivity contribution in [1.82, 2.24) is 0 Å². The van der Waals surface area contributed by atoms with Crippen molar-refractivity contribution in [3.05, 3.63) is 35.9 Å².